The second-order valence-corrected chi connectivity index (χ2v) is 7.43. The average Bonchev–Trinajstić information content (AvgIpc) is 3.41. The molecule has 1 atom stereocenters. The number of aromatic nitrogens is 4. The van der Waals surface area contributed by atoms with Crippen molar-refractivity contribution in [3.05, 3.63) is 41.2 Å². The molecule has 1 saturated carbocycles. The number of fused-ring (bicyclic) bond motifs is 1. The molecule has 7 heteroatoms. The summed E-state index contributed by atoms with van der Waals surface area (Å²) in [5.41, 5.74) is 2.16. The van der Waals surface area contributed by atoms with Gasteiger partial charge in [-0.2, -0.15) is 0 Å². The molecule has 0 spiro atoms. The third kappa shape index (κ3) is 3.77. The largest absolute Gasteiger partial charge is 0.346 e. The van der Waals surface area contributed by atoms with E-state index < -0.39 is 0 Å². The summed E-state index contributed by atoms with van der Waals surface area (Å²) in [4.78, 5) is 19.1. The molecule has 2 aromatic heterocycles. The van der Waals surface area contributed by atoms with E-state index >= 15 is 0 Å². The predicted octanol–water partition coefficient (Wildman–Crippen LogP) is 1.63. The monoisotopic (exact) mass is 354 g/mol. The molecule has 26 heavy (non-hydrogen) atoms. The molecular formula is C19H26N6O. The smallest absolute Gasteiger partial charge is 0.223 e. The van der Waals surface area contributed by atoms with Gasteiger partial charge in [0.05, 0.1) is 11.7 Å². The van der Waals surface area contributed by atoms with E-state index in [9.17, 15) is 4.79 Å². The highest BCUT2D eigenvalue weighted by Crippen LogP contribution is 2.29. The summed E-state index contributed by atoms with van der Waals surface area (Å²) < 4.78 is 2.18. The highest BCUT2D eigenvalue weighted by molar-refractivity contribution is 5.81. The molecule has 1 fully saturated rings. The molecule has 0 aromatic carbocycles. The Bertz CT molecular complexity index is 797. The van der Waals surface area contributed by atoms with Gasteiger partial charge in [-0.3, -0.25) is 14.7 Å². The highest BCUT2D eigenvalue weighted by Gasteiger charge is 2.31. The fraction of sp³-hybridized carbons (Fsp3) is 0.579. The highest BCUT2D eigenvalue weighted by atomic mass is 16.2. The van der Waals surface area contributed by atoms with Gasteiger partial charge in [-0.15, -0.1) is 10.2 Å². The van der Waals surface area contributed by atoms with E-state index in [-0.39, 0.29) is 17.9 Å². The molecule has 7 nitrogen and oxygen atoms in total. The average molecular weight is 354 g/mol. The van der Waals surface area contributed by atoms with Crippen LogP contribution in [-0.4, -0.2) is 43.6 Å². The number of carbonyl (C=O) groups excluding carboxylic acids is 1. The number of nitrogens with zero attached hydrogens (tertiary/aromatic N) is 5. The first kappa shape index (κ1) is 17.1. The lowest BCUT2D eigenvalue weighted by Crippen LogP contribution is -2.31. The number of amides is 1. The number of nitrogens with one attached hydrogen (secondary N) is 1. The van der Waals surface area contributed by atoms with Gasteiger partial charge in [-0.05, 0) is 38.8 Å². The molecule has 138 valence electrons. The summed E-state index contributed by atoms with van der Waals surface area (Å²) in [7, 11) is 0. The normalized spacial score (nSPS) is 18.8. The van der Waals surface area contributed by atoms with Crippen LogP contribution in [0, 0.1) is 12.8 Å². The molecule has 1 N–H and O–H groups in total. The van der Waals surface area contributed by atoms with Crippen molar-refractivity contribution in [2.75, 3.05) is 13.1 Å². The molecule has 0 radical (unpaired) electrons. The van der Waals surface area contributed by atoms with Crippen molar-refractivity contribution in [2.24, 2.45) is 5.92 Å². The number of carbonyl (C=O) groups is 1. The Morgan fingerprint density at radius 1 is 1.27 bits per heavy atom. The Labute approximate surface area is 153 Å². The van der Waals surface area contributed by atoms with Crippen LogP contribution in [0.1, 0.15) is 48.8 Å². The predicted molar refractivity (Wildman–Crippen MR) is 97.3 cm³/mol. The van der Waals surface area contributed by atoms with E-state index in [1.165, 1.54) is 0 Å². The number of hydrogen-bond acceptors (Lipinski definition) is 5. The lowest BCUT2D eigenvalue weighted by Gasteiger charge is -2.20. The van der Waals surface area contributed by atoms with E-state index in [1.54, 1.807) is 0 Å². The van der Waals surface area contributed by atoms with Crippen LogP contribution in [-0.2, 0) is 24.3 Å². The molecular weight excluding hydrogens is 328 g/mol. The minimum Gasteiger partial charge on any atom is -0.346 e. The molecule has 0 unspecified atom stereocenters. The molecule has 1 aliphatic heterocycles. The first-order valence-corrected chi connectivity index (χ1v) is 9.47. The zero-order valence-corrected chi connectivity index (χ0v) is 15.5. The first-order chi connectivity index (χ1) is 12.6. The van der Waals surface area contributed by atoms with Crippen molar-refractivity contribution >= 4 is 5.91 Å². The van der Waals surface area contributed by atoms with Crippen LogP contribution in [0.15, 0.2) is 18.2 Å². The van der Waals surface area contributed by atoms with Gasteiger partial charge in [-0.25, -0.2) is 0 Å². The molecule has 1 aliphatic carbocycles. The van der Waals surface area contributed by atoms with Gasteiger partial charge in [0.15, 0.2) is 5.82 Å². The first-order valence-electron chi connectivity index (χ1n) is 9.47. The van der Waals surface area contributed by atoms with Gasteiger partial charge < -0.3 is 9.88 Å². The van der Waals surface area contributed by atoms with Crippen molar-refractivity contribution in [1.82, 2.24) is 30.0 Å². The zero-order valence-electron chi connectivity index (χ0n) is 15.5. The van der Waals surface area contributed by atoms with Crippen LogP contribution in [0.4, 0.5) is 0 Å². The minimum absolute atomic E-state index is 0.102. The molecule has 2 aliphatic rings. The van der Waals surface area contributed by atoms with Crippen molar-refractivity contribution in [1.29, 1.82) is 0 Å². The Kier molecular flexibility index (Phi) is 4.72. The number of hydrogen-bond donors (Lipinski definition) is 1. The summed E-state index contributed by atoms with van der Waals surface area (Å²) in [5.74, 6) is 2.23. The summed E-state index contributed by atoms with van der Waals surface area (Å²) in [6.07, 6.45) is 2.89. The lowest BCUT2D eigenvalue weighted by atomic mass is 10.2. The zero-order chi connectivity index (χ0) is 18.1. The lowest BCUT2D eigenvalue weighted by molar-refractivity contribution is -0.123. The van der Waals surface area contributed by atoms with Crippen LogP contribution in [0.5, 0.6) is 0 Å². The maximum Gasteiger partial charge on any atom is 0.223 e. The Balaban J connectivity index is 1.41. The second kappa shape index (κ2) is 7.15. The van der Waals surface area contributed by atoms with Crippen LogP contribution in [0.2, 0.25) is 0 Å². The minimum atomic E-state index is -0.102. The van der Waals surface area contributed by atoms with E-state index in [1.807, 2.05) is 19.9 Å². The fourth-order valence-electron chi connectivity index (χ4n) is 3.53. The van der Waals surface area contributed by atoms with Crippen LogP contribution in [0.3, 0.4) is 0 Å². The van der Waals surface area contributed by atoms with Crippen LogP contribution < -0.4 is 5.32 Å². The van der Waals surface area contributed by atoms with Crippen LogP contribution in [0.25, 0.3) is 0 Å². The Morgan fingerprint density at radius 2 is 2.12 bits per heavy atom. The number of pyridine rings is 1. The van der Waals surface area contributed by atoms with Crippen molar-refractivity contribution in [3.63, 3.8) is 0 Å². The van der Waals surface area contributed by atoms with E-state index in [0.29, 0.717) is 0 Å². The van der Waals surface area contributed by atoms with Crippen molar-refractivity contribution < 1.29 is 4.79 Å². The maximum atomic E-state index is 12.0. The van der Waals surface area contributed by atoms with Gasteiger partial charge in [0.25, 0.3) is 0 Å². The third-order valence-corrected chi connectivity index (χ3v) is 5.17. The maximum absolute atomic E-state index is 12.0. The standard InChI is InChI=1S/C19H26N6O/c1-13-4-3-5-16(20-13)12-24-9-8-17-22-23-18(25(17)11-10-24)14(2)21-19(26)15-6-7-15/h3-5,14-15H,6-12H2,1-2H3,(H,21,26)/t14-/m0/s1. The second-order valence-electron chi connectivity index (χ2n) is 7.43. The van der Waals surface area contributed by atoms with Gasteiger partial charge in [0.1, 0.15) is 5.82 Å². The summed E-state index contributed by atoms with van der Waals surface area (Å²) in [6, 6.07) is 6.07. The molecule has 1 amide bonds. The van der Waals surface area contributed by atoms with E-state index in [0.717, 1.165) is 68.5 Å². The van der Waals surface area contributed by atoms with Gasteiger partial charge >= 0.3 is 0 Å². The SMILES string of the molecule is Cc1cccc(CN2CCc3nnc([C@H](C)NC(=O)C4CC4)n3CC2)n1. The molecule has 4 rings (SSSR count). The summed E-state index contributed by atoms with van der Waals surface area (Å²) >= 11 is 0. The number of rotatable bonds is 5. The Morgan fingerprint density at radius 3 is 2.88 bits per heavy atom. The van der Waals surface area contributed by atoms with E-state index in [4.69, 9.17) is 0 Å². The van der Waals surface area contributed by atoms with E-state index in [2.05, 4.69) is 42.1 Å². The third-order valence-electron chi connectivity index (χ3n) is 5.17. The molecule has 0 bridgehead atoms. The molecule has 2 aromatic rings. The number of aryl methyl sites for hydroxylation is 1. The Hall–Kier alpha value is -2.28. The van der Waals surface area contributed by atoms with Crippen LogP contribution >= 0.6 is 0 Å². The topological polar surface area (TPSA) is 75.9 Å². The van der Waals surface area contributed by atoms with Gasteiger partial charge in [0, 0.05) is 44.2 Å². The molecule has 0 saturated heterocycles. The van der Waals surface area contributed by atoms with Gasteiger partial charge in [0.2, 0.25) is 5.91 Å². The molecule has 3 heterocycles. The quantitative estimate of drug-likeness (QED) is 0.883. The van der Waals surface area contributed by atoms with Gasteiger partial charge in [-0.1, -0.05) is 6.07 Å². The summed E-state index contributed by atoms with van der Waals surface area (Å²) in [5, 5.41) is 11.8. The van der Waals surface area contributed by atoms with Crippen molar-refractivity contribution in [3.8, 4) is 0 Å². The summed E-state index contributed by atoms with van der Waals surface area (Å²) in [6.45, 7) is 7.58. The van der Waals surface area contributed by atoms with Crippen molar-refractivity contribution in [2.45, 2.75) is 52.2 Å². The fourth-order valence-corrected chi connectivity index (χ4v) is 3.53.